The number of hydrogen-bond acceptors (Lipinski definition) is 4. The molecule has 0 spiro atoms. The molecule has 0 radical (unpaired) electrons. The lowest BCUT2D eigenvalue weighted by Gasteiger charge is -2.47. The zero-order chi connectivity index (χ0) is 65.4. The molecule has 6 heteroatoms. The molecule has 0 amide bonds. The molecule has 0 fully saturated rings. The fraction of sp³-hybridized carbons (Fsp3) is 0.0870. The minimum Gasteiger partial charge on any atom is -0.458 e. The fourth-order valence-corrected chi connectivity index (χ4v) is 17.4. The third-order valence-corrected chi connectivity index (χ3v) is 21.9. The second kappa shape index (κ2) is 21.0. The van der Waals surface area contributed by atoms with E-state index >= 15 is 0 Å². The number of fused-ring (bicyclic) bond motifs is 20. The van der Waals surface area contributed by atoms with Gasteiger partial charge in [-0.1, -0.05) is 272 Å². The van der Waals surface area contributed by atoms with Crippen LogP contribution in [0.3, 0.4) is 0 Å². The molecule has 20 rings (SSSR count). The van der Waals surface area contributed by atoms with Gasteiger partial charge in [0.05, 0.1) is 5.69 Å². The van der Waals surface area contributed by atoms with Crippen LogP contribution in [0.1, 0.15) is 52.7 Å². The number of rotatable bonds is 5. The van der Waals surface area contributed by atoms with Gasteiger partial charge in [0.25, 0.3) is 13.4 Å². The maximum Gasteiger partial charge on any atom is 0.256 e. The Labute approximate surface area is 572 Å². The highest BCUT2D eigenvalue weighted by molar-refractivity contribution is 7.02. The normalized spacial score (nSPS) is 13.6. The van der Waals surface area contributed by atoms with Crippen LogP contribution < -0.4 is 52.2 Å². The molecule has 0 atom stereocenters. The van der Waals surface area contributed by atoms with Gasteiger partial charge < -0.3 is 19.4 Å². The molecule has 0 aliphatic carbocycles. The molecule has 4 aliphatic heterocycles. The maximum atomic E-state index is 7.31. The van der Waals surface area contributed by atoms with E-state index in [1.807, 2.05) is 0 Å². The molecule has 0 N–H and O–H groups in total. The Balaban J connectivity index is 0.940. The lowest BCUT2D eigenvalue weighted by molar-refractivity contribution is 0.483. The molecular formula is C92H67B2N3O. The summed E-state index contributed by atoms with van der Waals surface area (Å²) in [4.78, 5) is 7.96. The molecule has 16 aromatic rings. The highest BCUT2D eigenvalue weighted by Gasteiger charge is 2.49. The lowest BCUT2D eigenvalue weighted by Crippen LogP contribution is -2.64. The van der Waals surface area contributed by atoms with E-state index in [4.69, 9.17) is 4.74 Å². The van der Waals surface area contributed by atoms with Gasteiger partial charge in [-0.15, -0.1) is 0 Å². The van der Waals surface area contributed by atoms with Crippen LogP contribution >= 0.6 is 0 Å². The Morgan fingerprint density at radius 1 is 0.255 bits per heavy atom. The number of anilines is 9. The summed E-state index contributed by atoms with van der Waals surface area (Å²) in [7, 11) is 0. The molecule has 0 saturated carbocycles. The standard InChI is InChI=1S/C92H67B2N3O/c1-91(2,3)58-48-83-88-84(49-58)97(90-62(56-26-9-7-10-27-56)38-25-39-63(90)57-28-11-8-12-29-57)80-42-23-21-40-76(80)93(88)78-54-79-82(55-81(78)95(83)60-44-46-72-68-34-15-13-30-64(68)66-32-17-19-36-70(66)74(72)52-60)96(61-45-47-73-69-35-16-14-31-65(69)67-33-18-20-37-71(67)75(73)53-61)85-50-59(92(4,5)6)51-87-89(85)94(79)77-41-22-24-43-86(77)98-87/h7-55H,1-6H3. The Morgan fingerprint density at radius 2 is 0.643 bits per heavy atom. The van der Waals surface area contributed by atoms with E-state index in [9.17, 15) is 0 Å². The summed E-state index contributed by atoms with van der Waals surface area (Å²) in [6.45, 7) is 13.8. The second-order valence-corrected chi connectivity index (χ2v) is 29.5. The first-order chi connectivity index (χ1) is 47.9. The molecule has 4 heterocycles. The van der Waals surface area contributed by atoms with Crippen LogP contribution in [-0.2, 0) is 10.8 Å². The molecule has 0 saturated heterocycles. The van der Waals surface area contributed by atoms with E-state index in [0.717, 1.165) is 45.6 Å². The van der Waals surface area contributed by atoms with Gasteiger partial charge in [0.1, 0.15) is 11.5 Å². The summed E-state index contributed by atoms with van der Waals surface area (Å²) in [6, 6.07) is 113. The largest absolute Gasteiger partial charge is 0.458 e. The SMILES string of the molecule is CC(C)(C)c1cc2c3c(c1)N(c1ccc4c5ccccc5c5ccccc5c4c1)c1cc4c(cc1B3c1ccccc1O2)B1c2ccccc2N(c2c(-c3ccccc3)cccc2-c2ccccc2)c2cc(C(C)(C)C)cc(c21)N4c1ccc2c3ccccc3c3ccccc3c2c1. The van der Waals surface area contributed by atoms with Crippen molar-refractivity contribution in [3.8, 4) is 33.8 Å². The summed E-state index contributed by atoms with van der Waals surface area (Å²) in [6.07, 6.45) is 0. The third-order valence-electron chi connectivity index (χ3n) is 21.9. The van der Waals surface area contributed by atoms with Crippen LogP contribution in [0.15, 0.2) is 297 Å². The van der Waals surface area contributed by atoms with Crippen molar-refractivity contribution in [2.24, 2.45) is 0 Å². The van der Waals surface area contributed by atoms with Crippen molar-refractivity contribution in [2.45, 2.75) is 52.4 Å². The molecule has 0 bridgehead atoms. The topological polar surface area (TPSA) is 19.0 Å². The van der Waals surface area contributed by atoms with Gasteiger partial charge in [0.2, 0.25) is 0 Å². The molecule has 0 unspecified atom stereocenters. The molecule has 4 aliphatic rings. The molecule has 4 nitrogen and oxygen atoms in total. The number of hydrogen-bond donors (Lipinski definition) is 0. The molecule has 0 aromatic heterocycles. The van der Waals surface area contributed by atoms with Crippen molar-refractivity contribution in [3.63, 3.8) is 0 Å². The molecule has 16 aromatic carbocycles. The average molecular weight is 1250 g/mol. The van der Waals surface area contributed by atoms with Crippen molar-refractivity contribution in [1.29, 1.82) is 0 Å². The Bertz CT molecular complexity index is 5980. The second-order valence-electron chi connectivity index (χ2n) is 29.5. The zero-order valence-corrected chi connectivity index (χ0v) is 55.7. The van der Waals surface area contributed by atoms with Crippen molar-refractivity contribution in [1.82, 2.24) is 0 Å². The monoisotopic (exact) mass is 1250 g/mol. The van der Waals surface area contributed by atoms with Gasteiger partial charge in [-0.05, 0) is 197 Å². The zero-order valence-electron chi connectivity index (χ0n) is 55.7. The van der Waals surface area contributed by atoms with E-state index in [1.165, 1.54) is 148 Å². The van der Waals surface area contributed by atoms with E-state index in [0.29, 0.717) is 0 Å². The lowest BCUT2D eigenvalue weighted by atomic mass is 9.30. The maximum absolute atomic E-state index is 7.31. The summed E-state index contributed by atoms with van der Waals surface area (Å²) in [5, 5.41) is 14.9. The number of ether oxygens (including phenoxy) is 1. The number of nitrogens with zero attached hydrogens (tertiary/aromatic N) is 3. The first-order valence-corrected chi connectivity index (χ1v) is 34.6. The van der Waals surface area contributed by atoms with Crippen molar-refractivity contribution >= 4 is 162 Å². The fourth-order valence-electron chi connectivity index (χ4n) is 17.4. The minimum absolute atomic E-state index is 0.167. The first kappa shape index (κ1) is 56.7. The van der Waals surface area contributed by atoms with Crippen molar-refractivity contribution in [2.75, 3.05) is 14.7 Å². The van der Waals surface area contributed by atoms with E-state index in [-0.39, 0.29) is 24.3 Å². The van der Waals surface area contributed by atoms with E-state index in [2.05, 4.69) is 353 Å². The van der Waals surface area contributed by atoms with Crippen molar-refractivity contribution in [3.05, 3.63) is 308 Å². The summed E-state index contributed by atoms with van der Waals surface area (Å²) in [5.74, 6) is 1.81. The van der Waals surface area contributed by atoms with Gasteiger partial charge in [0, 0.05) is 56.6 Å². The van der Waals surface area contributed by atoms with Crippen LogP contribution in [0.5, 0.6) is 11.5 Å². The van der Waals surface area contributed by atoms with Crippen LogP contribution in [0.4, 0.5) is 51.2 Å². The predicted molar refractivity (Wildman–Crippen MR) is 420 cm³/mol. The van der Waals surface area contributed by atoms with Gasteiger partial charge >= 0.3 is 0 Å². The van der Waals surface area contributed by atoms with Gasteiger partial charge in [-0.3, -0.25) is 0 Å². The highest BCUT2D eigenvalue weighted by atomic mass is 16.5. The molecule has 462 valence electrons. The molecular weight excluding hydrogens is 1180 g/mol. The number of benzene rings is 16. The van der Waals surface area contributed by atoms with E-state index < -0.39 is 0 Å². The van der Waals surface area contributed by atoms with Crippen LogP contribution in [0.25, 0.3) is 86.9 Å². The third kappa shape index (κ3) is 8.27. The van der Waals surface area contributed by atoms with Crippen LogP contribution in [0.2, 0.25) is 0 Å². The van der Waals surface area contributed by atoms with E-state index in [1.54, 1.807) is 0 Å². The Hall–Kier alpha value is -11.6. The van der Waals surface area contributed by atoms with Gasteiger partial charge in [-0.2, -0.15) is 0 Å². The summed E-state index contributed by atoms with van der Waals surface area (Å²) >= 11 is 0. The van der Waals surface area contributed by atoms with Gasteiger partial charge in [-0.25, -0.2) is 0 Å². The van der Waals surface area contributed by atoms with Crippen LogP contribution in [-0.4, -0.2) is 13.4 Å². The smallest absolute Gasteiger partial charge is 0.256 e. The Morgan fingerprint density at radius 3 is 1.13 bits per heavy atom. The predicted octanol–water partition coefficient (Wildman–Crippen LogP) is 21.0. The number of para-hydroxylation sites is 3. The minimum atomic E-state index is -0.268. The first-order valence-electron chi connectivity index (χ1n) is 34.6. The molecule has 98 heavy (non-hydrogen) atoms. The summed E-state index contributed by atoms with van der Waals surface area (Å²) < 4.78 is 7.31. The summed E-state index contributed by atoms with van der Waals surface area (Å²) in [5.41, 5.74) is 24.4. The van der Waals surface area contributed by atoms with Crippen molar-refractivity contribution < 1.29 is 4.74 Å². The Kier molecular flexibility index (Phi) is 12.1. The quantitative estimate of drug-likeness (QED) is 0.126. The average Bonchev–Trinajstić information content (AvgIpc) is 0.684. The highest BCUT2D eigenvalue weighted by Crippen LogP contribution is 2.54. The van der Waals surface area contributed by atoms with Gasteiger partial charge in [0.15, 0.2) is 0 Å². The van der Waals surface area contributed by atoms with Crippen LogP contribution in [0, 0.1) is 0 Å².